The van der Waals surface area contributed by atoms with E-state index in [2.05, 4.69) is 79.5 Å². The fourth-order valence-corrected chi connectivity index (χ4v) is 4.50. The highest BCUT2D eigenvalue weighted by molar-refractivity contribution is 7.88. The molecule has 1 atom stereocenters. The van der Waals surface area contributed by atoms with Crippen molar-refractivity contribution in [3.8, 4) is 0 Å². The smallest absolute Gasteiger partial charge is 0.192 e. The molecule has 0 heterocycles. The lowest BCUT2D eigenvalue weighted by atomic mass is 9.74. The molecular formula is C22H36Cl2NOP. The van der Waals surface area contributed by atoms with Crippen LogP contribution in [-0.4, -0.2) is 7.11 Å². The Bertz CT molecular complexity index is 671. The molecule has 1 unspecified atom stereocenters. The van der Waals surface area contributed by atoms with E-state index in [9.17, 15) is 0 Å². The number of ether oxygens (including phenoxy) is 1. The van der Waals surface area contributed by atoms with Crippen molar-refractivity contribution in [3.05, 3.63) is 39.4 Å². The molecule has 27 heavy (non-hydrogen) atoms. The minimum Gasteiger partial charge on any atom is -0.486 e. The lowest BCUT2D eigenvalue weighted by molar-refractivity contribution is 0.320. The van der Waals surface area contributed by atoms with Crippen LogP contribution < -0.4 is 5.09 Å². The number of nitrogens with one attached hydrogen (secondary N) is 1. The second-order valence-corrected chi connectivity index (χ2v) is 13.0. The summed E-state index contributed by atoms with van der Waals surface area (Å²) in [5, 5.41) is 4.77. The van der Waals surface area contributed by atoms with E-state index in [1.54, 1.807) is 7.11 Å². The fraction of sp³-hybridized carbons (Fsp3) is 0.636. The highest BCUT2D eigenvalue weighted by Gasteiger charge is 2.30. The molecule has 1 N–H and O–H groups in total. The molecule has 0 aromatic heterocycles. The van der Waals surface area contributed by atoms with Crippen LogP contribution in [0.25, 0.3) is 0 Å². The Morgan fingerprint density at radius 1 is 0.889 bits per heavy atom. The Morgan fingerprint density at radius 3 is 1.59 bits per heavy atom. The maximum atomic E-state index is 6.74. The first-order valence-corrected chi connectivity index (χ1v) is 11.9. The van der Waals surface area contributed by atoms with Gasteiger partial charge in [-0.25, -0.2) is 0 Å². The Hall–Kier alpha value is -0.430. The summed E-state index contributed by atoms with van der Waals surface area (Å²) in [5.41, 5.74) is 5.01. The zero-order valence-corrected chi connectivity index (χ0v) is 21.2. The van der Waals surface area contributed by atoms with E-state index in [4.69, 9.17) is 27.6 Å². The highest BCUT2D eigenvalue weighted by Crippen LogP contribution is 2.54. The van der Waals surface area contributed by atoms with Gasteiger partial charge in [-0.05, 0) is 51.5 Å². The number of hydrogen-bond acceptors (Lipinski definition) is 2. The largest absolute Gasteiger partial charge is 0.486 e. The molecule has 0 aliphatic carbocycles. The van der Waals surface area contributed by atoms with Crippen LogP contribution in [0, 0.1) is 0 Å². The van der Waals surface area contributed by atoms with E-state index in [1.165, 1.54) is 16.7 Å². The molecule has 0 bridgehead atoms. The number of anilines is 1. The number of allylic oxidation sites excluding steroid dienone is 1. The normalized spacial score (nSPS) is 15.3. The van der Waals surface area contributed by atoms with Crippen LogP contribution in [0.15, 0.2) is 22.7 Å². The molecular weight excluding hydrogens is 396 g/mol. The number of benzene rings is 1. The summed E-state index contributed by atoms with van der Waals surface area (Å²) in [5.74, 6) is 0. The first kappa shape index (κ1) is 24.6. The zero-order chi connectivity index (χ0) is 21.4. The summed E-state index contributed by atoms with van der Waals surface area (Å²) >= 11 is 12.9. The van der Waals surface area contributed by atoms with Crippen LogP contribution >= 0.6 is 30.3 Å². The van der Waals surface area contributed by atoms with Gasteiger partial charge in [0.1, 0.15) is 7.43 Å². The van der Waals surface area contributed by atoms with Crippen LogP contribution in [-0.2, 0) is 21.0 Å². The van der Waals surface area contributed by atoms with E-state index in [0.29, 0.717) is 5.22 Å². The molecule has 5 heteroatoms. The minimum atomic E-state index is -1.18. The zero-order valence-electron chi connectivity index (χ0n) is 18.8. The van der Waals surface area contributed by atoms with Crippen molar-refractivity contribution in [2.75, 3.05) is 12.2 Å². The molecule has 0 saturated heterocycles. The van der Waals surface area contributed by atoms with Gasteiger partial charge in [0.05, 0.1) is 7.11 Å². The predicted molar refractivity (Wildman–Crippen MR) is 124 cm³/mol. The van der Waals surface area contributed by atoms with Crippen molar-refractivity contribution in [1.82, 2.24) is 0 Å². The molecule has 2 nitrogen and oxygen atoms in total. The Kier molecular flexibility index (Phi) is 7.76. The first-order chi connectivity index (χ1) is 12.0. The van der Waals surface area contributed by atoms with Crippen LogP contribution in [0.4, 0.5) is 5.69 Å². The third kappa shape index (κ3) is 6.28. The molecule has 0 spiro atoms. The average molecular weight is 432 g/mol. The highest BCUT2D eigenvalue weighted by atomic mass is 35.7. The lowest BCUT2D eigenvalue weighted by Gasteiger charge is -2.34. The molecule has 1 rings (SSSR count). The lowest BCUT2D eigenvalue weighted by Crippen LogP contribution is -2.23. The molecule has 0 aliphatic rings. The van der Waals surface area contributed by atoms with Gasteiger partial charge in [-0.2, -0.15) is 0 Å². The Morgan fingerprint density at radius 2 is 1.30 bits per heavy atom. The summed E-state index contributed by atoms with van der Waals surface area (Å²) < 4.78 is 5.17. The van der Waals surface area contributed by atoms with Gasteiger partial charge in [-0.3, -0.25) is 0 Å². The van der Waals surface area contributed by atoms with Crippen LogP contribution in [0.3, 0.4) is 0 Å². The number of rotatable bonds is 4. The number of hydrogen-bond donors (Lipinski definition) is 1. The summed E-state index contributed by atoms with van der Waals surface area (Å²) in [4.78, 5) is 0. The van der Waals surface area contributed by atoms with Crippen molar-refractivity contribution in [2.24, 2.45) is 0 Å². The summed E-state index contributed by atoms with van der Waals surface area (Å²) in [7, 11) is 0.378. The van der Waals surface area contributed by atoms with Crippen molar-refractivity contribution in [3.63, 3.8) is 0 Å². The molecule has 1 aromatic rings. The third-order valence-electron chi connectivity index (χ3n) is 4.59. The van der Waals surface area contributed by atoms with Gasteiger partial charge in [0.2, 0.25) is 0 Å². The van der Waals surface area contributed by atoms with Gasteiger partial charge in [0, 0.05) is 11.0 Å². The fourth-order valence-electron chi connectivity index (χ4n) is 2.79. The van der Waals surface area contributed by atoms with Crippen molar-refractivity contribution in [2.45, 2.75) is 85.5 Å². The van der Waals surface area contributed by atoms with Gasteiger partial charge in [-0.1, -0.05) is 85.7 Å². The standard InChI is InChI=1S/C22H36Cl2NOP/c1-14(19(23)26-11)27(24)25-18-16(21(5,6)7)12-15(20(2,3)4)13-17(18)22(8,9)10/h12-13,25H,1-11H3/b19-14-. The van der Waals surface area contributed by atoms with E-state index in [1.807, 2.05) is 6.92 Å². The maximum absolute atomic E-state index is 6.74. The van der Waals surface area contributed by atoms with Gasteiger partial charge in [-0.15, -0.1) is 0 Å². The second kappa shape index (κ2) is 8.52. The SMILES string of the molecule is CO/C(Cl)=C(/C)P(Cl)Nc1c(C(C)(C)C)cc(C(C)(C)C)cc1C(C)(C)C. The maximum Gasteiger partial charge on any atom is 0.192 e. The average Bonchev–Trinajstić information content (AvgIpc) is 2.49. The minimum absolute atomic E-state index is 0.0284. The van der Waals surface area contributed by atoms with Gasteiger partial charge >= 0.3 is 0 Å². The topological polar surface area (TPSA) is 21.3 Å². The molecule has 0 aliphatic heterocycles. The van der Waals surface area contributed by atoms with Crippen LogP contribution in [0.1, 0.15) is 85.9 Å². The van der Waals surface area contributed by atoms with Crippen LogP contribution in [0.5, 0.6) is 0 Å². The van der Waals surface area contributed by atoms with E-state index < -0.39 is 7.43 Å². The summed E-state index contributed by atoms with van der Waals surface area (Å²) in [6.45, 7) is 22.1. The third-order valence-corrected chi connectivity index (χ3v) is 7.38. The molecule has 0 fully saturated rings. The first-order valence-electron chi connectivity index (χ1n) is 9.32. The molecule has 1 aromatic carbocycles. The van der Waals surface area contributed by atoms with E-state index in [-0.39, 0.29) is 16.2 Å². The monoisotopic (exact) mass is 431 g/mol. The summed E-state index contributed by atoms with van der Waals surface area (Å²) in [6.07, 6.45) is 0. The quantitative estimate of drug-likeness (QED) is 0.380. The Balaban J connectivity index is 3.75. The predicted octanol–water partition coefficient (Wildman–Crippen LogP) is 8.62. The molecule has 0 amide bonds. The van der Waals surface area contributed by atoms with Crippen molar-refractivity contribution >= 4 is 36.0 Å². The Labute approximate surface area is 177 Å². The van der Waals surface area contributed by atoms with Crippen LogP contribution in [0.2, 0.25) is 0 Å². The summed E-state index contributed by atoms with van der Waals surface area (Å²) in [6, 6.07) is 4.66. The van der Waals surface area contributed by atoms with Gasteiger partial charge in [0.15, 0.2) is 5.22 Å². The number of halogens is 2. The molecule has 0 radical (unpaired) electrons. The molecule has 0 saturated carbocycles. The second-order valence-electron chi connectivity index (χ2n) is 10.2. The number of methoxy groups -OCH3 is 1. The van der Waals surface area contributed by atoms with Gasteiger partial charge < -0.3 is 9.82 Å². The molecule has 154 valence electrons. The van der Waals surface area contributed by atoms with E-state index in [0.717, 1.165) is 11.0 Å². The van der Waals surface area contributed by atoms with Crippen molar-refractivity contribution < 1.29 is 4.74 Å². The van der Waals surface area contributed by atoms with Crippen molar-refractivity contribution in [1.29, 1.82) is 0 Å². The van der Waals surface area contributed by atoms with Gasteiger partial charge in [0.25, 0.3) is 0 Å². The van der Waals surface area contributed by atoms with E-state index >= 15 is 0 Å².